The van der Waals surface area contributed by atoms with Crippen LogP contribution in [0.1, 0.15) is 32.0 Å². The Hall–Kier alpha value is -1.66. The molecule has 0 N–H and O–H groups in total. The Balaban J connectivity index is 2.21. The fraction of sp³-hybridized carbons (Fsp3) is 0.389. The monoisotopic (exact) mass is 424 g/mol. The lowest BCUT2D eigenvalue weighted by atomic mass is 10.2. The molecule has 0 aliphatic carbocycles. The maximum Gasteiger partial charge on any atom is 0.252 e. The highest BCUT2D eigenvalue weighted by molar-refractivity contribution is 9.10. The molecule has 2 aromatic heterocycles. The first-order valence-corrected chi connectivity index (χ1v) is 9.34. The number of hydrogen-bond donors (Lipinski definition) is 0. The quantitative estimate of drug-likeness (QED) is 0.629. The maximum absolute atomic E-state index is 12.6. The van der Waals surface area contributed by atoms with Crippen LogP contribution >= 0.6 is 27.5 Å². The molecule has 134 valence electrons. The molecular formula is C18H22BrClN4O. The van der Waals surface area contributed by atoms with E-state index in [1.54, 1.807) is 27.9 Å². The molecule has 2 heterocycles. The predicted octanol–water partition coefficient (Wildman–Crippen LogP) is 4.72. The van der Waals surface area contributed by atoms with Crippen molar-refractivity contribution in [1.82, 2.24) is 14.8 Å². The van der Waals surface area contributed by atoms with E-state index in [1.807, 2.05) is 19.9 Å². The maximum atomic E-state index is 12.6. The van der Waals surface area contributed by atoms with E-state index in [9.17, 15) is 4.79 Å². The molecule has 0 aliphatic rings. The van der Waals surface area contributed by atoms with Gasteiger partial charge in [0.15, 0.2) is 0 Å². The summed E-state index contributed by atoms with van der Waals surface area (Å²) >= 11 is 9.76. The highest BCUT2D eigenvalue weighted by Gasteiger charge is 2.15. The van der Waals surface area contributed by atoms with Crippen molar-refractivity contribution in [3.8, 4) is 0 Å². The number of aryl methyl sites for hydroxylation is 1. The number of nitrogens with zero attached hydrogens (tertiary/aromatic N) is 4. The molecule has 25 heavy (non-hydrogen) atoms. The minimum Gasteiger partial charge on any atom is -0.294 e. The van der Waals surface area contributed by atoms with Crippen molar-refractivity contribution in [1.29, 1.82) is 0 Å². The summed E-state index contributed by atoms with van der Waals surface area (Å²) in [6, 6.07) is 3.66. The number of likely N-dealkylation sites (N-methyl/N-ethyl adjacent to an activating group) is 1. The number of carbonyl (C=O) groups excluding carboxylic acids is 1. The summed E-state index contributed by atoms with van der Waals surface area (Å²) in [4.78, 5) is 18.4. The molecule has 0 aromatic carbocycles. The topological polar surface area (TPSA) is 51.0 Å². The van der Waals surface area contributed by atoms with Gasteiger partial charge in [-0.2, -0.15) is 5.10 Å². The highest BCUT2D eigenvalue weighted by Crippen LogP contribution is 2.23. The zero-order valence-electron chi connectivity index (χ0n) is 14.8. The van der Waals surface area contributed by atoms with E-state index in [4.69, 9.17) is 11.6 Å². The number of amides is 1. The summed E-state index contributed by atoms with van der Waals surface area (Å²) in [6.45, 7) is 9.28. The Morgan fingerprint density at radius 3 is 2.72 bits per heavy atom. The first-order chi connectivity index (χ1) is 11.8. The van der Waals surface area contributed by atoms with Crippen molar-refractivity contribution in [3.05, 3.63) is 45.3 Å². The van der Waals surface area contributed by atoms with Crippen LogP contribution in [-0.4, -0.2) is 27.2 Å². The van der Waals surface area contributed by atoms with Gasteiger partial charge in [-0.3, -0.25) is 14.4 Å². The molecule has 0 saturated carbocycles. The van der Waals surface area contributed by atoms with Crippen LogP contribution in [0.4, 0.5) is 5.82 Å². The van der Waals surface area contributed by atoms with Crippen LogP contribution in [0.5, 0.6) is 0 Å². The number of pyridine rings is 1. The van der Waals surface area contributed by atoms with Gasteiger partial charge in [0, 0.05) is 35.4 Å². The van der Waals surface area contributed by atoms with Gasteiger partial charge in [0.25, 0.3) is 5.91 Å². The predicted molar refractivity (Wildman–Crippen MR) is 106 cm³/mol. The summed E-state index contributed by atoms with van der Waals surface area (Å²) in [6.07, 6.45) is 4.92. The summed E-state index contributed by atoms with van der Waals surface area (Å²) in [7, 11) is 0. The Kier molecular flexibility index (Phi) is 6.79. The van der Waals surface area contributed by atoms with Crippen molar-refractivity contribution in [3.63, 3.8) is 0 Å². The van der Waals surface area contributed by atoms with Gasteiger partial charge in [-0.05, 0) is 53.9 Å². The molecule has 0 saturated heterocycles. The minimum absolute atomic E-state index is 0.149. The van der Waals surface area contributed by atoms with Crippen molar-refractivity contribution in [2.75, 3.05) is 11.4 Å². The summed E-state index contributed by atoms with van der Waals surface area (Å²) < 4.78 is 2.65. The van der Waals surface area contributed by atoms with E-state index in [0.717, 1.165) is 22.3 Å². The highest BCUT2D eigenvalue weighted by atomic mass is 79.9. The van der Waals surface area contributed by atoms with Crippen LogP contribution in [0.15, 0.2) is 28.9 Å². The molecule has 2 rings (SSSR count). The van der Waals surface area contributed by atoms with Gasteiger partial charge < -0.3 is 0 Å². The molecule has 0 unspecified atom stereocenters. The average Bonchev–Trinajstić information content (AvgIpc) is 2.81. The number of aromatic nitrogens is 3. The lowest BCUT2D eigenvalue weighted by molar-refractivity contribution is -0.114. The van der Waals surface area contributed by atoms with Gasteiger partial charge in [0.05, 0.1) is 5.69 Å². The molecule has 0 fully saturated rings. The van der Waals surface area contributed by atoms with E-state index in [2.05, 4.69) is 39.9 Å². The fourth-order valence-corrected chi connectivity index (χ4v) is 2.97. The summed E-state index contributed by atoms with van der Waals surface area (Å²) in [5.41, 5.74) is 1.58. The number of anilines is 1. The number of rotatable bonds is 6. The molecule has 2 aromatic rings. The Morgan fingerprint density at radius 1 is 1.44 bits per heavy atom. The van der Waals surface area contributed by atoms with Crippen LogP contribution in [0, 0.1) is 12.8 Å². The third-order valence-corrected chi connectivity index (χ3v) is 4.48. The Labute approximate surface area is 161 Å². The normalized spacial score (nSPS) is 11.5. The van der Waals surface area contributed by atoms with Crippen LogP contribution in [-0.2, 0) is 11.3 Å². The van der Waals surface area contributed by atoms with E-state index >= 15 is 0 Å². The lowest BCUT2D eigenvalue weighted by Gasteiger charge is -2.17. The van der Waals surface area contributed by atoms with Gasteiger partial charge >= 0.3 is 0 Å². The van der Waals surface area contributed by atoms with Crippen molar-refractivity contribution in [2.45, 2.75) is 34.2 Å². The van der Waals surface area contributed by atoms with Crippen LogP contribution in [0.3, 0.4) is 0 Å². The second-order valence-electron chi connectivity index (χ2n) is 6.12. The SMILES string of the molecule is CCN(C(=O)/C=C/c1c(C)nn(CC(C)C)c1Cl)c1ccc(Br)cn1. The van der Waals surface area contributed by atoms with Crippen LogP contribution in [0.25, 0.3) is 6.08 Å². The van der Waals surface area contributed by atoms with E-state index in [0.29, 0.717) is 23.4 Å². The number of hydrogen-bond acceptors (Lipinski definition) is 3. The molecule has 5 nitrogen and oxygen atoms in total. The van der Waals surface area contributed by atoms with Crippen molar-refractivity contribution in [2.24, 2.45) is 5.92 Å². The van der Waals surface area contributed by atoms with Crippen LogP contribution < -0.4 is 4.90 Å². The summed E-state index contributed by atoms with van der Waals surface area (Å²) in [5.74, 6) is 0.900. The Morgan fingerprint density at radius 2 is 2.16 bits per heavy atom. The van der Waals surface area contributed by atoms with Crippen molar-refractivity contribution >= 4 is 45.3 Å². The van der Waals surface area contributed by atoms with Crippen LogP contribution in [0.2, 0.25) is 5.15 Å². The lowest BCUT2D eigenvalue weighted by Crippen LogP contribution is -2.29. The van der Waals surface area contributed by atoms with Gasteiger partial charge in [-0.1, -0.05) is 25.4 Å². The van der Waals surface area contributed by atoms with Gasteiger partial charge in [-0.25, -0.2) is 4.98 Å². The standard InChI is InChI=1S/C18H22BrClN4O/c1-5-23(16-8-6-14(19)10-21-16)17(25)9-7-15-13(4)22-24(18(15)20)11-12(2)3/h6-10,12H,5,11H2,1-4H3/b9-7+. The third kappa shape index (κ3) is 4.92. The zero-order chi connectivity index (χ0) is 18.6. The van der Waals surface area contributed by atoms with Crippen molar-refractivity contribution < 1.29 is 4.79 Å². The third-order valence-electron chi connectivity index (χ3n) is 3.61. The largest absolute Gasteiger partial charge is 0.294 e. The molecule has 0 radical (unpaired) electrons. The second-order valence-corrected chi connectivity index (χ2v) is 7.39. The first-order valence-electron chi connectivity index (χ1n) is 8.17. The fourth-order valence-electron chi connectivity index (χ4n) is 2.43. The Bertz CT molecular complexity index is 768. The smallest absolute Gasteiger partial charge is 0.252 e. The van der Waals surface area contributed by atoms with Gasteiger partial charge in [0.1, 0.15) is 11.0 Å². The number of halogens is 2. The molecule has 0 bridgehead atoms. The zero-order valence-corrected chi connectivity index (χ0v) is 17.2. The minimum atomic E-state index is -0.149. The average molecular weight is 426 g/mol. The molecule has 7 heteroatoms. The number of carbonyl (C=O) groups is 1. The summed E-state index contributed by atoms with van der Waals surface area (Å²) in [5, 5.41) is 5.01. The van der Waals surface area contributed by atoms with Gasteiger partial charge in [0.2, 0.25) is 0 Å². The molecular weight excluding hydrogens is 404 g/mol. The second kappa shape index (κ2) is 8.63. The van der Waals surface area contributed by atoms with E-state index in [-0.39, 0.29) is 5.91 Å². The molecule has 0 aliphatic heterocycles. The molecule has 0 atom stereocenters. The molecule has 0 spiro atoms. The van der Waals surface area contributed by atoms with E-state index < -0.39 is 0 Å². The van der Waals surface area contributed by atoms with E-state index in [1.165, 1.54) is 6.08 Å². The molecule has 1 amide bonds. The first kappa shape index (κ1) is 19.7. The van der Waals surface area contributed by atoms with Gasteiger partial charge in [-0.15, -0.1) is 0 Å².